The molecule has 0 fully saturated rings. The first-order valence-electron chi connectivity index (χ1n) is 7.02. The van der Waals surface area contributed by atoms with Crippen LogP contribution in [0.15, 0.2) is 54.6 Å². The number of benzene rings is 2. The first-order chi connectivity index (χ1) is 10.3. The minimum Gasteiger partial charge on any atom is -0.315 e. The molecule has 0 radical (unpaired) electrons. The van der Waals surface area contributed by atoms with Gasteiger partial charge in [0.25, 0.3) is 0 Å². The Morgan fingerprint density at radius 3 is 2.67 bits per heavy atom. The van der Waals surface area contributed by atoms with E-state index in [2.05, 4.69) is 5.48 Å². The van der Waals surface area contributed by atoms with Crippen molar-refractivity contribution in [2.24, 2.45) is 0 Å². The molecule has 1 aliphatic heterocycles. The third-order valence-corrected chi connectivity index (χ3v) is 3.73. The second-order valence-corrected chi connectivity index (χ2v) is 5.16. The van der Waals surface area contributed by atoms with Gasteiger partial charge in [0.15, 0.2) is 0 Å². The zero-order valence-electron chi connectivity index (χ0n) is 12.0. The molecule has 4 nitrogen and oxygen atoms in total. The van der Waals surface area contributed by atoms with E-state index in [1.54, 1.807) is 4.90 Å². The molecule has 0 bridgehead atoms. The van der Waals surface area contributed by atoms with Crippen LogP contribution in [0, 0.1) is 0 Å². The van der Waals surface area contributed by atoms with Crippen LogP contribution in [-0.2, 0) is 16.2 Å². The van der Waals surface area contributed by atoms with E-state index in [4.69, 9.17) is 4.84 Å². The second-order valence-electron chi connectivity index (χ2n) is 5.16. The largest absolute Gasteiger partial charge is 0.315 e. The molecule has 1 unspecified atom stereocenters. The van der Waals surface area contributed by atoms with Gasteiger partial charge in [0, 0.05) is 19.2 Å². The van der Waals surface area contributed by atoms with Crippen molar-refractivity contribution in [3.05, 3.63) is 65.7 Å². The average Bonchev–Trinajstić information content (AvgIpc) is 2.53. The Morgan fingerprint density at radius 2 is 1.86 bits per heavy atom. The van der Waals surface area contributed by atoms with Crippen LogP contribution in [-0.4, -0.2) is 13.0 Å². The predicted molar refractivity (Wildman–Crippen MR) is 81.6 cm³/mol. The highest BCUT2D eigenvalue weighted by Crippen LogP contribution is 2.33. The summed E-state index contributed by atoms with van der Waals surface area (Å²) in [5, 5.41) is 0. The van der Waals surface area contributed by atoms with Gasteiger partial charge in [-0.15, -0.1) is 0 Å². The molecule has 1 amide bonds. The fourth-order valence-corrected chi connectivity index (χ4v) is 2.55. The Kier molecular flexibility index (Phi) is 3.99. The van der Waals surface area contributed by atoms with Gasteiger partial charge in [0.1, 0.15) is 0 Å². The van der Waals surface area contributed by atoms with Crippen molar-refractivity contribution in [3.63, 3.8) is 0 Å². The van der Waals surface area contributed by atoms with Gasteiger partial charge in [-0.1, -0.05) is 48.5 Å². The van der Waals surface area contributed by atoms with Gasteiger partial charge in [-0.25, -0.2) is 0 Å². The van der Waals surface area contributed by atoms with E-state index in [9.17, 15) is 4.79 Å². The Labute approximate surface area is 124 Å². The maximum absolute atomic E-state index is 12.0. The van der Waals surface area contributed by atoms with Crippen molar-refractivity contribution in [2.45, 2.75) is 19.1 Å². The van der Waals surface area contributed by atoms with Gasteiger partial charge in [-0.2, -0.15) is 5.48 Å². The van der Waals surface area contributed by atoms with Crippen molar-refractivity contribution in [1.29, 1.82) is 0 Å². The number of nitrogens with one attached hydrogen (secondary N) is 1. The Balaban J connectivity index is 1.68. The van der Waals surface area contributed by atoms with Crippen molar-refractivity contribution in [1.82, 2.24) is 5.48 Å². The highest BCUT2D eigenvalue weighted by Gasteiger charge is 2.28. The first-order valence-corrected chi connectivity index (χ1v) is 7.02. The van der Waals surface area contributed by atoms with Crippen molar-refractivity contribution in [3.8, 4) is 0 Å². The minimum absolute atomic E-state index is 0.0921. The fraction of sp³-hybridized carbons (Fsp3) is 0.235. The van der Waals surface area contributed by atoms with Crippen molar-refractivity contribution >= 4 is 11.6 Å². The molecule has 108 valence electrons. The van der Waals surface area contributed by atoms with Crippen LogP contribution in [0.3, 0.4) is 0 Å². The van der Waals surface area contributed by atoms with E-state index >= 15 is 0 Å². The fourth-order valence-electron chi connectivity index (χ4n) is 2.55. The molecular weight excluding hydrogens is 264 g/mol. The molecule has 1 aliphatic rings. The van der Waals surface area contributed by atoms with Crippen LogP contribution in [0.25, 0.3) is 0 Å². The quantitative estimate of drug-likeness (QED) is 0.877. The van der Waals surface area contributed by atoms with E-state index < -0.39 is 0 Å². The van der Waals surface area contributed by atoms with Crippen LogP contribution < -0.4 is 10.4 Å². The zero-order chi connectivity index (χ0) is 14.7. The number of carbonyl (C=O) groups excluding carboxylic acids is 1. The number of amides is 1. The number of hydrogen-bond donors (Lipinski definition) is 1. The third kappa shape index (κ3) is 2.96. The molecule has 0 saturated heterocycles. The van der Waals surface area contributed by atoms with Gasteiger partial charge in [0.2, 0.25) is 5.91 Å². The Bertz CT molecular complexity index is 628. The highest BCUT2D eigenvalue weighted by molar-refractivity contribution is 5.96. The second kappa shape index (κ2) is 6.08. The van der Waals surface area contributed by atoms with Crippen LogP contribution >= 0.6 is 0 Å². The summed E-state index contributed by atoms with van der Waals surface area (Å²) in [7, 11) is 1.81. The van der Waals surface area contributed by atoms with Gasteiger partial charge in [-0.05, 0) is 17.2 Å². The Hall–Kier alpha value is -2.17. The molecular formula is C17H18N2O2. The molecule has 1 heterocycles. The number of hydrogen-bond acceptors (Lipinski definition) is 3. The van der Waals surface area contributed by atoms with E-state index in [0.29, 0.717) is 13.0 Å². The number of para-hydroxylation sites is 1. The summed E-state index contributed by atoms with van der Waals surface area (Å²) < 4.78 is 0. The molecule has 21 heavy (non-hydrogen) atoms. The summed E-state index contributed by atoms with van der Waals surface area (Å²) in [5.74, 6) is 0.0921. The zero-order valence-corrected chi connectivity index (χ0v) is 12.0. The molecule has 0 aromatic heterocycles. The van der Waals surface area contributed by atoms with Crippen LogP contribution in [0.1, 0.15) is 23.6 Å². The van der Waals surface area contributed by atoms with Crippen LogP contribution in [0.2, 0.25) is 0 Å². The number of carbonyl (C=O) groups is 1. The lowest BCUT2D eigenvalue weighted by Crippen LogP contribution is -2.37. The lowest BCUT2D eigenvalue weighted by molar-refractivity contribution is -0.120. The molecule has 0 spiro atoms. The summed E-state index contributed by atoms with van der Waals surface area (Å²) >= 11 is 0. The van der Waals surface area contributed by atoms with Gasteiger partial charge in [-0.3, -0.25) is 9.63 Å². The summed E-state index contributed by atoms with van der Waals surface area (Å²) in [6.45, 7) is 0.476. The number of fused-ring (bicyclic) bond motifs is 1. The van der Waals surface area contributed by atoms with E-state index in [1.165, 1.54) is 0 Å². The van der Waals surface area contributed by atoms with Crippen LogP contribution in [0.5, 0.6) is 0 Å². The summed E-state index contributed by atoms with van der Waals surface area (Å²) in [6, 6.07) is 17.8. The summed E-state index contributed by atoms with van der Waals surface area (Å²) in [5.41, 5.74) is 6.15. The smallest absolute Gasteiger partial charge is 0.228 e. The maximum Gasteiger partial charge on any atom is 0.228 e. The maximum atomic E-state index is 12.0. The lowest BCUT2D eigenvalue weighted by atomic mass is 9.97. The predicted octanol–water partition coefficient (Wildman–Crippen LogP) is 2.82. The summed E-state index contributed by atoms with van der Waals surface area (Å²) in [6.07, 6.45) is 0.405. The normalized spacial score (nSPS) is 17.7. The Morgan fingerprint density at radius 1 is 1.14 bits per heavy atom. The number of anilines is 1. The SMILES string of the molecule is CN1C(=O)CC(NOCc2ccccc2)c2ccccc21. The van der Waals surface area contributed by atoms with Gasteiger partial charge >= 0.3 is 0 Å². The number of nitrogens with zero attached hydrogens (tertiary/aromatic N) is 1. The molecule has 2 aromatic carbocycles. The molecule has 3 rings (SSSR count). The molecule has 0 saturated carbocycles. The standard InChI is InChI=1S/C17H18N2O2/c1-19-16-10-6-5-9-14(16)15(11-17(19)20)18-21-12-13-7-3-2-4-8-13/h2-10,15,18H,11-12H2,1H3. The molecule has 1 N–H and O–H groups in total. The van der Waals surface area contributed by atoms with Gasteiger partial charge < -0.3 is 4.90 Å². The van der Waals surface area contributed by atoms with Crippen molar-refractivity contribution < 1.29 is 9.63 Å². The topological polar surface area (TPSA) is 41.6 Å². The molecule has 1 atom stereocenters. The van der Waals surface area contributed by atoms with E-state index in [-0.39, 0.29) is 11.9 Å². The molecule has 2 aromatic rings. The van der Waals surface area contributed by atoms with Gasteiger partial charge in [0.05, 0.1) is 12.6 Å². The summed E-state index contributed by atoms with van der Waals surface area (Å²) in [4.78, 5) is 19.3. The molecule has 4 heteroatoms. The average molecular weight is 282 g/mol. The highest BCUT2D eigenvalue weighted by atomic mass is 16.6. The first kappa shape index (κ1) is 13.8. The molecule has 0 aliphatic carbocycles. The number of hydroxylamine groups is 1. The van der Waals surface area contributed by atoms with E-state index in [0.717, 1.165) is 16.8 Å². The van der Waals surface area contributed by atoms with Crippen LogP contribution in [0.4, 0.5) is 5.69 Å². The third-order valence-electron chi connectivity index (χ3n) is 3.73. The van der Waals surface area contributed by atoms with E-state index in [1.807, 2.05) is 61.6 Å². The number of rotatable bonds is 4. The monoisotopic (exact) mass is 282 g/mol. The van der Waals surface area contributed by atoms with Crippen molar-refractivity contribution in [2.75, 3.05) is 11.9 Å². The minimum atomic E-state index is -0.103. The lowest BCUT2D eigenvalue weighted by Gasteiger charge is -2.31.